The zero-order valence-electron chi connectivity index (χ0n) is 10.2. The van der Waals surface area contributed by atoms with Gasteiger partial charge in [-0.25, -0.2) is 8.42 Å². The van der Waals surface area contributed by atoms with Crippen molar-refractivity contribution in [3.8, 4) is 0 Å². The van der Waals surface area contributed by atoms with Gasteiger partial charge in [-0.05, 0) is 34.5 Å². The van der Waals surface area contributed by atoms with Crippen LogP contribution in [0, 0.1) is 0 Å². The molecule has 5 nitrogen and oxygen atoms in total. The van der Waals surface area contributed by atoms with E-state index in [0.29, 0.717) is 13.0 Å². The van der Waals surface area contributed by atoms with Crippen LogP contribution in [0.5, 0.6) is 0 Å². The zero-order chi connectivity index (χ0) is 13.9. The van der Waals surface area contributed by atoms with E-state index in [0.717, 1.165) is 14.2 Å². The number of nitrogens with zero attached hydrogens (tertiary/aromatic N) is 2. The van der Waals surface area contributed by atoms with Gasteiger partial charge in [-0.3, -0.25) is 0 Å². The summed E-state index contributed by atoms with van der Waals surface area (Å²) in [6, 6.07) is 3.83. The molecule has 0 N–H and O–H groups in total. The topological polar surface area (TPSA) is 63.4 Å². The molecule has 0 unspecified atom stereocenters. The van der Waals surface area contributed by atoms with Gasteiger partial charge in [-0.2, -0.15) is 4.31 Å². The molecule has 0 fully saturated rings. The summed E-state index contributed by atoms with van der Waals surface area (Å²) in [5.41, 5.74) is 0.788. The van der Waals surface area contributed by atoms with Crippen molar-refractivity contribution >= 4 is 37.3 Å². The molecule has 8 heteroatoms. The second-order valence-corrected chi connectivity index (χ2v) is 8.80. The number of hydrogen-bond donors (Lipinski definition) is 0. The molecule has 0 spiro atoms. The van der Waals surface area contributed by atoms with E-state index in [9.17, 15) is 8.42 Å². The summed E-state index contributed by atoms with van der Waals surface area (Å²) in [5, 5.41) is 3.55. The molecular weight excluding hydrogens is 352 g/mol. The van der Waals surface area contributed by atoms with Gasteiger partial charge in [0.05, 0.1) is 15.7 Å². The molecule has 0 radical (unpaired) electrons. The molecule has 0 aliphatic carbocycles. The van der Waals surface area contributed by atoms with Gasteiger partial charge >= 0.3 is 0 Å². The van der Waals surface area contributed by atoms with Crippen molar-refractivity contribution in [2.75, 3.05) is 12.8 Å². The summed E-state index contributed by atoms with van der Waals surface area (Å²) in [5.74, 6) is 0.0528. The molecule has 0 bridgehead atoms. The monoisotopic (exact) mass is 364 g/mol. The highest BCUT2D eigenvalue weighted by Gasteiger charge is 2.19. The molecule has 0 aliphatic rings. The quantitative estimate of drug-likeness (QED) is 0.789. The summed E-state index contributed by atoms with van der Waals surface area (Å²) in [7, 11) is -1.68. The fourth-order valence-corrected chi connectivity index (χ4v) is 4.27. The Morgan fingerprint density at radius 3 is 2.84 bits per heavy atom. The predicted molar refractivity (Wildman–Crippen MR) is 77.5 cm³/mol. The molecular formula is C11H13BrN2O3S2. The fraction of sp³-hybridized carbons (Fsp3) is 0.364. The van der Waals surface area contributed by atoms with E-state index in [1.807, 2.05) is 12.1 Å². The standard InChI is InChI=1S/C11H13BrN2O3S2/c1-14(7-10-2-3-11(12)18-10)19(15,16)5-4-9-6-13-17-8-9/h2-3,6,8H,4-5,7H2,1H3. The lowest BCUT2D eigenvalue weighted by molar-refractivity contribution is 0.419. The molecule has 0 atom stereocenters. The maximum absolute atomic E-state index is 12.1. The highest BCUT2D eigenvalue weighted by molar-refractivity contribution is 9.11. The maximum atomic E-state index is 12.1. The molecule has 0 amide bonds. The highest BCUT2D eigenvalue weighted by atomic mass is 79.9. The van der Waals surface area contributed by atoms with Crippen molar-refractivity contribution in [2.45, 2.75) is 13.0 Å². The molecule has 2 heterocycles. The highest BCUT2D eigenvalue weighted by Crippen LogP contribution is 2.23. The van der Waals surface area contributed by atoms with E-state index in [4.69, 9.17) is 0 Å². The van der Waals surface area contributed by atoms with E-state index in [1.165, 1.54) is 28.1 Å². The van der Waals surface area contributed by atoms with Crippen LogP contribution in [0.1, 0.15) is 10.4 Å². The molecule has 104 valence electrons. The summed E-state index contributed by atoms with van der Waals surface area (Å²) in [6.45, 7) is 0.391. The fourth-order valence-electron chi connectivity index (χ4n) is 1.51. The van der Waals surface area contributed by atoms with E-state index in [2.05, 4.69) is 25.6 Å². The maximum Gasteiger partial charge on any atom is 0.214 e. The van der Waals surface area contributed by atoms with Crippen molar-refractivity contribution in [1.82, 2.24) is 9.46 Å². The van der Waals surface area contributed by atoms with Crippen molar-refractivity contribution in [3.63, 3.8) is 0 Å². The van der Waals surface area contributed by atoms with Crippen LogP contribution < -0.4 is 0 Å². The SMILES string of the molecule is CN(Cc1ccc(Br)s1)S(=O)(=O)CCc1cnoc1. The minimum atomic E-state index is -3.27. The van der Waals surface area contributed by atoms with Gasteiger partial charge in [0.25, 0.3) is 0 Å². The van der Waals surface area contributed by atoms with Crippen molar-refractivity contribution in [1.29, 1.82) is 0 Å². The molecule has 0 saturated carbocycles. The number of hydrogen-bond acceptors (Lipinski definition) is 5. The normalized spacial score (nSPS) is 12.2. The summed E-state index contributed by atoms with van der Waals surface area (Å²) in [6.07, 6.45) is 3.40. The molecule has 2 aromatic rings. The van der Waals surface area contributed by atoms with Gasteiger partial charge in [-0.15, -0.1) is 11.3 Å². The lowest BCUT2D eigenvalue weighted by Gasteiger charge is -2.15. The molecule has 2 aromatic heterocycles. The first-order valence-corrected chi connectivity index (χ1v) is 8.76. The summed E-state index contributed by atoms with van der Waals surface area (Å²) < 4.78 is 31.3. The van der Waals surface area contributed by atoms with E-state index in [-0.39, 0.29) is 5.75 Å². The number of halogens is 1. The Labute approximate surface area is 124 Å². The summed E-state index contributed by atoms with van der Waals surface area (Å²) >= 11 is 4.90. The van der Waals surface area contributed by atoms with Crippen LogP contribution in [0.2, 0.25) is 0 Å². The Morgan fingerprint density at radius 2 is 2.26 bits per heavy atom. The number of rotatable bonds is 6. The van der Waals surface area contributed by atoms with Gasteiger partial charge in [0.15, 0.2) is 0 Å². The average Bonchev–Trinajstić information content (AvgIpc) is 2.98. The average molecular weight is 365 g/mol. The second-order valence-electron chi connectivity index (χ2n) is 4.06. The number of thiophene rings is 1. The Bertz CT molecular complexity index is 622. The minimum absolute atomic E-state index is 0.0528. The Hall–Kier alpha value is -0.700. The molecule has 2 rings (SSSR count). The second kappa shape index (κ2) is 6.17. The largest absolute Gasteiger partial charge is 0.364 e. The van der Waals surface area contributed by atoms with Crippen LogP contribution in [0.25, 0.3) is 0 Å². The van der Waals surface area contributed by atoms with Crippen molar-refractivity contribution < 1.29 is 12.9 Å². The molecule has 0 aliphatic heterocycles. The number of aryl methyl sites for hydroxylation is 1. The third-order valence-corrected chi connectivity index (χ3v) is 6.02. The first-order chi connectivity index (χ1) is 8.97. The summed E-state index contributed by atoms with van der Waals surface area (Å²) in [4.78, 5) is 1.00. The van der Waals surface area contributed by atoms with Gasteiger partial charge in [0, 0.05) is 24.0 Å². The first kappa shape index (κ1) is 14.7. The first-order valence-electron chi connectivity index (χ1n) is 5.54. The smallest absolute Gasteiger partial charge is 0.214 e. The van der Waals surface area contributed by atoms with Gasteiger partial charge < -0.3 is 4.52 Å². The Balaban J connectivity index is 1.94. The lowest BCUT2D eigenvalue weighted by atomic mass is 10.3. The van der Waals surface area contributed by atoms with Crippen LogP contribution in [0.15, 0.2) is 32.9 Å². The third kappa shape index (κ3) is 4.13. The molecule has 0 saturated heterocycles. The van der Waals surface area contributed by atoms with E-state index in [1.54, 1.807) is 7.05 Å². The Kier molecular flexibility index (Phi) is 4.77. The van der Waals surface area contributed by atoms with Crippen LogP contribution in [0.4, 0.5) is 0 Å². The van der Waals surface area contributed by atoms with Gasteiger partial charge in [-0.1, -0.05) is 5.16 Å². The van der Waals surface area contributed by atoms with Crippen molar-refractivity contribution in [2.24, 2.45) is 0 Å². The van der Waals surface area contributed by atoms with Crippen LogP contribution >= 0.6 is 27.3 Å². The van der Waals surface area contributed by atoms with Crippen LogP contribution in [0.3, 0.4) is 0 Å². The third-order valence-electron chi connectivity index (χ3n) is 2.61. The molecule has 0 aromatic carbocycles. The Morgan fingerprint density at radius 1 is 1.47 bits per heavy atom. The van der Waals surface area contributed by atoms with Crippen molar-refractivity contribution in [3.05, 3.63) is 38.8 Å². The lowest BCUT2D eigenvalue weighted by Crippen LogP contribution is -2.29. The minimum Gasteiger partial charge on any atom is -0.364 e. The predicted octanol–water partition coefficient (Wildman–Crippen LogP) is 2.50. The number of aromatic nitrogens is 1. The molecule has 19 heavy (non-hydrogen) atoms. The number of sulfonamides is 1. The van der Waals surface area contributed by atoms with E-state index < -0.39 is 10.0 Å². The van der Waals surface area contributed by atoms with Crippen LogP contribution in [-0.4, -0.2) is 30.7 Å². The van der Waals surface area contributed by atoms with Gasteiger partial charge in [0.1, 0.15) is 6.26 Å². The van der Waals surface area contributed by atoms with E-state index >= 15 is 0 Å². The van der Waals surface area contributed by atoms with Gasteiger partial charge in [0.2, 0.25) is 10.0 Å². The van der Waals surface area contributed by atoms with Crippen LogP contribution in [-0.2, 0) is 23.0 Å². The zero-order valence-corrected chi connectivity index (χ0v) is 13.5.